The molecule has 0 bridgehead atoms. The normalized spacial score (nSPS) is 11.3. The predicted molar refractivity (Wildman–Crippen MR) is 137 cm³/mol. The summed E-state index contributed by atoms with van der Waals surface area (Å²) in [6.07, 6.45) is 0. The Morgan fingerprint density at radius 2 is 1.91 bits per heavy atom. The Bertz CT molecular complexity index is 1580. The minimum Gasteiger partial charge on any atom is -0.465 e. The van der Waals surface area contributed by atoms with Crippen molar-refractivity contribution >= 4 is 40.1 Å². The molecule has 3 heterocycles. The van der Waals surface area contributed by atoms with Crippen LogP contribution in [0.3, 0.4) is 0 Å². The van der Waals surface area contributed by atoms with Crippen molar-refractivity contribution in [3.63, 3.8) is 0 Å². The van der Waals surface area contributed by atoms with E-state index in [-0.39, 0.29) is 5.97 Å². The number of H-pyrrole nitrogens is 1. The van der Waals surface area contributed by atoms with Crippen molar-refractivity contribution in [1.82, 2.24) is 19.7 Å². The number of thioether (sulfide) groups is 1. The number of aromatic amines is 1. The number of esters is 1. The molecule has 1 N–H and O–H groups in total. The van der Waals surface area contributed by atoms with Crippen LogP contribution in [0.4, 0.5) is 0 Å². The third-order valence-electron chi connectivity index (χ3n) is 5.58. The summed E-state index contributed by atoms with van der Waals surface area (Å²) in [5.74, 6) is 0.277. The highest BCUT2D eigenvalue weighted by molar-refractivity contribution is 7.99. The molecule has 5 rings (SSSR count). The van der Waals surface area contributed by atoms with Crippen molar-refractivity contribution in [3.8, 4) is 22.5 Å². The van der Waals surface area contributed by atoms with Crippen LogP contribution < -0.4 is 5.76 Å². The van der Waals surface area contributed by atoms with Crippen LogP contribution in [0.25, 0.3) is 33.5 Å². The SMILES string of the molecule is CCSc1nc2c(C)sc(C(=O)OC)c2n1Cc1ccc(-c2cccc(-c3nc(=O)o[nH]3)c2)cc1. The average molecular weight is 507 g/mol. The van der Waals surface area contributed by atoms with Gasteiger partial charge in [-0.1, -0.05) is 61.2 Å². The monoisotopic (exact) mass is 506 g/mol. The number of benzene rings is 2. The molecule has 0 amide bonds. The van der Waals surface area contributed by atoms with Gasteiger partial charge in [-0.3, -0.25) is 0 Å². The fraction of sp³-hybridized carbons (Fsp3) is 0.200. The summed E-state index contributed by atoms with van der Waals surface area (Å²) in [7, 11) is 1.40. The van der Waals surface area contributed by atoms with Crippen LogP contribution in [0.1, 0.15) is 27.0 Å². The fourth-order valence-corrected chi connectivity index (χ4v) is 5.70. The van der Waals surface area contributed by atoms with Gasteiger partial charge in [0.15, 0.2) is 11.0 Å². The molecule has 0 atom stereocenters. The van der Waals surface area contributed by atoms with Crippen molar-refractivity contribution in [2.75, 3.05) is 12.9 Å². The lowest BCUT2D eigenvalue weighted by atomic mass is 10.0. The molecule has 0 aliphatic rings. The highest BCUT2D eigenvalue weighted by Gasteiger charge is 2.24. The first-order valence-corrected chi connectivity index (χ1v) is 12.7. The Balaban J connectivity index is 1.48. The van der Waals surface area contributed by atoms with Crippen molar-refractivity contribution < 1.29 is 14.1 Å². The number of rotatable bonds is 7. The topological polar surface area (TPSA) is 103 Å². The quantitative estimate of drug-likeness (QED) is 0.234. The molecule has 0 unspecified atom stereocenters. The molecule has 0 saturated heterocycles. The molecule has 8 nitrogen and oxygen atoms in total. The van der Waals surface area contributed by atoms with Gasteiger partial charge in [-0.25, -0.2) is 14.6 Å². The molecule has 10 heteroatoms. The third kappa shape index (κ3) is 4.42. The third-order valence-corrected chi connectivity index (χ3v) is 7.50. The van der Waals surface area contributed by atoms with Gasteiger partial charge in [0.1, 0.15) is 10.4 Å². The number of ether oxygens (including phenoxy) is 1. The minimum absolute atomic E-state index is 0.342. The van der Waals surface area contributed by atoms with Crippen molar-refractivity contribution in [3.05, 3.63) is 74.4 Å². The summed E-state index contributed by atoms with van der Waals surface area (Å²) in [5.41, 5.74) is 5.55. The molecule has 35 heavy (non-hydrogen) atoms. The van der Waals surface area contributed by atoms with Crippen LogP contribution in [-0.4, -0.2) is 38.5 Å². The maximum Gasteiger partial charge on any atom is 0.460 e. The van der Waals surface area contributed by atoms with Crippen LogP contribution in [0.5, 0.6) is 0 Å². The number of nitrogens with zero attached hydrogens (tertiary/aromatic N) is 3. The second-order valence-electron chi connectivity index (χ2n) is 7.80. The largest absolute Gasteiger partial charge is 0.465 e. The van der Waals surface area contributed by atoms with E-state index in [1.165, 1.54) is 18.4 Å². The van der Waals surface area contributed by atoms with E-state index in [9.17, 15) is 9.59 Å². The molecule has 0 aliphatic carbocycles. The van der Waals surface area contributed by atoms with Crippen LogP contribution >= 0.6 is 23.1 Å². The number of nitrogens with one attached hydrogen (secondary N) is 1. The van der Waals surface area contributed by atoms with Gasteiger partial charge in [0, 0.05) is 10.4 Å². The van der Waals surface area contributed by atoms with Gasteiger partial charge in [0.05, 0.1) is 19.2 Å². The number of imidazole rings is 1. The molecule has 0 saturated carbocycles. The van der Waals surface area contributed by atoms with E-state index >= 15 is 0 Å². The first kappa shape index (κ1) is 23.1. The first-order chi connectivity index (χ1) is 17.0. The van der Waals surface area contributed by atoms with Crippen LogP contribution in [0.15, 0.2) is 63.0 Å². The second kappa shape index (κ2) is 9.55. The summed E-state index contributed by atoms with van der Waals surface area (Å²) in [5, 5.41) is 3.43. The van der Waals surface area contributed by atoms with Gasteiger partial charge >= 0.3 is 11.7 Å². The number of fused-ring (bicyclic) bond motifs is 1. The zero-order chi connectivity index (χ0) is 24.5. The smallest absolute Gasteiger partial charge is 0.460 e. The number of aromatic nitrogens is 4. The molecule has 0 fully saturated rings. The maximum atomic E-state index is 12.5. The van der Waals surface area contributed by atoms with E-state index in [2.05, 4.69) is 45.9 Å². The lowest BCUT2D eigenvalue weighted by Gasteiger charge is -2.10. The number of carbonyl (C=O) groups excluding carboxylic acids is 1. The molecule has 0 radical (unpaired) electrons. The summed E-state index contributed by atoms with van der Waals surface area (Å²) in [4.78, 5) is 34.0. The maximum absolute atomic E-state index is 12.5. The molecule has 0 aliphatic heterocycles. The highest BCUT2D eigenvalue weighted by atomic mass is 32.2. The minimum atomic E-state index is -0.653. The zero-order valence-corrected chi connectivity index (χ0v) is 21.0. The van der Waals surface area contributed by atoms with E-state index in [1.54, 1.807) is 11.8 Å². The van der Waals surface area contributed by atoms with Crippen LogP contribution in [0, 0.1) is 6.92 Å². The Labute approximate surface area is 208 Å². The van der Waals surface area contributed by atoms with E-state index in [1.807, 2.05) is 31.2 Å². The Kier molecular flexibility index (Phi) is 6.31. The fourth-order valence-electron chi connectivity index (χ4n) is 3.96. The lowest BCUT2D eigenvalue weighted by molar-refractivity contribution is 0.0608. The van der Waals surface area contributed by atoms with Crippen LogP contribution in [-0.2, 0) is 11.3 Å². The van der Waals surface area contributed by atoms with Crippen LogP contribution in [0.2, 0.25) is 0 Å². The van der Waals surface area contributed by atoms with Gasteiger partial charge < -0.3 is 13.8 Å². The van der Waals surface area contributed by atoms with Crippen molar-refractivity contribution in [2.24, 2.45) is 0 Å². The molecular formula is C25H22N4O4S2. The lowest BCUT2D eigenvalue weighted by Crippen LogP contribution is -2.06. The Hall–Kier alpha value is -3.63. The summed E-state index contributed by atoms with van der Waals surface area (Å²) >= 11 is 3.07. The van der Waals surface area contributed by atoms with Crippen molar-refractivity contribution in [1.29, 1.82) is 0 Å². The van der Waals surface area contributed by atoms with Gasteiger partial charge in [-0.2, -0.15) is 10.1 Å². The number of methoxy groups -OCH3 is 1. The first-order valence-electron chi connectivity index (χ1n) is 10.9. The molecule has 3 aromatic heterocycles. The number of hydrogen-bond acceptors (Lipinski definition) is 8. The summed E-state index contributed by atoms with van der Waals surface area (Å²) in [6.45, 7) is 4.65. The zero-order valence-electron chi connectivity index (χ0n) is 19.3. The van der Waals surface area contributed by atoms with E-state index in [4.69, 9.17) is 14.2 Å². The number of carbonyl (C=O) groups is 1. The van der Waals surface area contributed by atoms with Gasteiger partial charge in [0.25, 0.3) is 0 Å². The number of aryl methyl sites for hydroxylation is 1. The Morgan fingerprint density at radius 3 is 2.60 bits per heavy atom. The molecule has 2 aromatic carbocycles. The Morgan fingerprint density at radius 1 is 1.14 bits per heavy atom. The summed E-state index contributed by atoms with van der Waals surface area (Å²) in [6, 6.07) is 16.0. The average Bonchev–Trinajstić information content (AvgIpc) is 3.55. The number of hydrogen-bond donors (Lipinski definition) is 1. The molecular weight excluding hydrogens is 484 g/mol. The highest BCUT2D eigenvalue weighted by Crippen LogP contribution is 2.35. The summed E-state index contributed by atoms with van der Waals surface area (Å²) < 4.78 is 11.8. The van der Waals surface area contributed by atoms with Crippen molar-refractivity contribution in [2.45, 2.75) is 25.5 Å². The molecule has 0 spiro atoms. The standard InChI is InChI=1S/C25H22N4O4S2/c1-4-34-24-26-19-14(2)35-21(23(30)32-3)20(19)29(24)13-15-8-10-16(11-9-15)17-6-5-7-18(12-17)22-27-25(31)33-28-22/h5-12H,4,13H2,1-3H3,(H,27,28,31). The van der Waals surface area contributed by atoms with E-state index in [0.717, 1.165) is 49.1 Å². The van der Waals surface area contributed by atoms with E-state index < -0.39 is 5.76 Å². The van der Waals surface area contributed by atoms with E-state index in [0.29, 0.717) is 17.2 Å². The molecule has 178 valence electrons. The number of thiophene rings is 1. The second-order valence-corrected chi connectivity index (χ2v) is 10.3. The van der Waals surface area contributed by atoms with Gasteiger partial charge in [0.2, 0.25) is 0 Å². The van der Waals surface area contributed by atoms with Gasteiger partial charge in [-0.05, 0) is 35.4 Å². The molecule has 5 aromatic rings. The predicted octanol–water partition coefficient (Wildman–Crippen LogP) is 5.36. The van der Waals surface area contributed by atoms with Gasteiger partial charge in [-0.15, -0.1) is 11.3 Å².